The molecule has 0 aliphatic carbocycles. The third kappa shape index (κ3) is 5.46. The van der Waals surface area contributed by atoms with Crippen LogP contribution in [0.3, 0.4) is 0 Å². The minimum Gasteiger partial charge on any atom is -0.504 e. The summed E-state index contributed by atoms with van der Waals surface area (Å²) in [5, 5.41) is 13.8. The Hall–Kier alpha value is -3.07. The molecule has 0 fully saturated rings. The zero-order valence-electron chi connectivity index (χ0n) is 15.9. The highest BCUT2D eigenvalue weighted by molar-refractivity contribution is 7.92. The number of carbonyl (C=O) groups is 1. The molecule has 150 valence electrons. The van der Waals surface area contributed by atoms with Crippen molar-refractivity contribution in [2.45, 2.75) is 13.3 Å². The first-order valence-corrected chi connectivity index (χ1v) is 10.4. The van der Waals surface area contributed by atoms with E-state index in [1.54, 1.807) is 30.3 Å². The Morgan fingerprint density at radius 1 is 1.25 bits per heavy atom. The van der Waals surface area contributed by atoms with Gasteiger partial charge in [-0.1, -0.05) is 25.1 Å². The van der Waals surface area contributed by atoms with E-state index >= 15 is 0 Å². The van der Waals surface area contributed by atoms with Crippen LogP contribution in [-0.2, 0) is 21.2 Å². The van der Waals surface area contributed by atoms with Gasteiger partial charge in [0.15, 0.2) is 11.5 Å². The van der Waals surface area contributed by atoms with Gasteiger partial charge in [-0.2, -0.15) is 5.10 Å². The van der Waals surface area contributed by atoms with Crippen molar-refractivity contribution >= 4 is 27.8 Å². The van der Waals surface area contributed by atoms with Crippen LogP contribution < -0.4 is 14.5 Å². The second-order valence-electron chi connectivity index (χ2n) is 5.98. The third-order valence-electron chi connectivity index (χ3n) is 3.96. The van der Waals surface area contributed by atoms with Gasteiger partial charge in [0, 0.05) is 5.56 Å². The van der Waals surface area contributed by atoms with Crippen LogP contribution in [0.5, 0.6) is 11.5 Å². The summed E-state index contributed by atoms with van der Waals surface area (Å²) in [4.78, 5) is 12.2. The molecule has 2 aromatic rings. The first-order chi connectivity index (χ1) is 13.3. The third-order valence-corrected chi connectivity index (χ3v) is 5.10. The van der Waals surface area contributed by atoms with Gasteiger partial charge in [0.1, 0.15) is 6.54 Å². The number of rotatable bonds is 8. The summed E-state index contributed by atoms with van der Waals surface area (Å²) in [7, 11) is -2.24. The number of para-hydroxylation sites is 1. The summed E-state index contributed by atoms with van der Waals surface area (Å²) in [6.07, 6.45) is 3.10. The van der Waals surface area contributed by atoms with Gasteiger partial charge in [0.25, 0.3) is 5.91 Å². The first kappa shape index (κ1) is 21.2. The van der Waals surface area contributed by atoms with E-state index in [9.17, 15) is 18.3 Å². The topological polar surface area (TPSA) is 108 Å². The standard InChI is InChI=1S/C19H23N3O5S/c1-4-14-8-10-16(11-9-14)22(28(3,25)26)13-18(23)21-20-12-15-6-5-7-17(27-2)19(15)24/h5-12,24H,4,13H2,1-3H3,(H,21,23)/b20-12-. The van der Waals surface area contributed by atoms with Gasteiger partial charge >= 0.3 is 0 Å². The Balaban J connectivity index is 2.10. The predicted molar refractivity (Wildman–Crippen MR) is 108 cm³/mol. The number of hydrazone groups is 1. The molecule has 8 nitrogen and oxygen atoms in total. The van der Waals surface area contributed by atoms with Gasteiger partial charge in [-0.3, -0.25) is 9.10 Å². The van der Waals surface area contributed by atoms with Crippen LogP contribution in [0, 0.1) is 0 Å². The molecule has 0 unspecified atom stereocenters. The molecule has 0 aromatic heterocycles. The minimum absolute atomic E-state index is 0.114. The normalized spacial score (nSPS) is 11.4. The average molecular weight is 405 g/mol. The zero-order chi connectivity index (χ0) is 20.7. The van der Waals surface area contributed by atoms with Crippen molar-refractivity contribution < 1.29 is 23.1 Å². The van der Waals surface area contributed by atoms with Gasteiger partial charge in [0.2, 0.25) is 10.0 Å². The van der Waals surface area contributed by atoms with Gasteiger partial charge in [-0.15, -0.1) is 0 Å². The van der Waals surface area contributed by atoms with E-state index in [0.29, 0.717) is 11.3 Å². The maximum Gasteiger partial charge on any atom is 0.260 e. The van der Waals surface area contributed by atoms with E-state index in [0.717, 1.165) is 22.5 Å². The van der Waals surface area contributed by atoms with E-state index in [2.05, 4.69) is 10.5 Å². The SMILES string of the molecule is CCc1ccc(N(CC(=O)N/N=C\c2cccc(OC)c2O)S(C)(=O)=O)cc1. The lowest BCUT2D eigenvalue weighted by Gasteiger charge is -2.21. The number of phenols is 1. The van der Waals surface area contributed by atoms with Gasteiger partial charge < -0.3 is 9.84 Å². The number of benzene rings is 2. The van der Waals surface area contributed by atoms with Crippen molar-refractivity contribution in [3.8, 4) is 11.5 Å². The molecule has 0 radical (unpaired) electrons. The second kappa shape index (κ2) is 9.23. The van der Waals surface area contributed by atoms with E-state index in [4.69, 9.17) is 4.74 Å². The Labute approximate surface area is 164 Å². The number of anilines is 1. The van der Waals surface area contributed by atoms with Crippen molar-refractivity contribution in [1.82, 2.24) is 5.43 Å². The molecular weight excluding hydrogens is 382 g/mol. The number of aryl methyl sites for hydroxylation is 1. The van der Waals surface area contributed by atoms with Gasteiger partial charge in [0.05, 0.1) is 25.3 Å². The fourth-order valence-corrected chi connectivity index (χ4v) is 3.30. The molecule has 2 N–H and O–H groups in total. The zero-order valence-corrected chi connectivity index (χ0v) is 16.7. The summed E-state index contributed by atoms with van der Waals surface area (Å²) in [6, 6.07) is 11.8. The molecule has 0 heterocycles. The molecule has 2 rings (SSSR count). The number of nitrogens with zero attached hydrogens (tertiary/aromatic N) is 2. The molecule has 0 aliphatic rings. The molecule has 1 amide bonds. The highest BCUT2D eigenvalue weighted by Crippen LogP contribution is 2.27. The molecule has 0 atom stereocenters. The van der Waals surface area contributed by atoms with E-state index < -0.39 is 22.5 Å². The van der Waals surface area contributed by atoms with Crippen LogP contribution in [0.25, 0.3) is 0 Å². The molecule has 28 heavy (non-hydrogen) atoms. The number of nitrogens with one attached hydrogen (secondary N) is 1. The lowest BCUT2D eigenvalue weighted by Crippen LogP contribution is -2.39. The number of aromatic hydroxyl groups is 1. The number of sulfonamides is 1. The fraction of sp³-hybridized carbons (Fsp3) is 0.263. The van der Waals surface area contributed by atoms with Crippen molar-refractivity contribution in [1.29, 1.82) is 0 Å². The van der Waals surface area contributed by atoms with E-state index in [1.807, 2.05) is 19.1 Å². The lowest BCUT2D eigenvalue weighted by atomic mass is 10.1. The molecular formula is C19H23N3O5S. The second-order valence-corrected chi connectivity index (χ2v) is 7.89. The molecule has 2 aromatic carbocycles. The number of amides is 1. The Bertz CT molecular complexity index is 956. The van der Waals surface area contributed by atoms with E-state index in [1.165, 1.54) is 13.3 Å². The van der Waals surface area contributed by atoms with E-state index in [-0.39, 0.29) is 11.5 Å². The largest absolute Gasteiger partial charge is 0.504 e. The Morgan fingerprint density at radius 2 is 1.93 bits per heavy atom. The monoisotopic (exact) mass is 405 g/mol. The van der Waals surface area contributed by atoms with Crippen LogP contribution in [0.1, 0.15) is 18.1 Å². The molecule has 9 heteroatoms. The Kier molecular flexibility index (Phi) is 7.00. The van der Waals surface area contributed by atoms with Crippen LogP contribution in [-0.4, -0.2) is 45.6 Å². The summed E-state index contributed by atoms with van der Waals surface area (Å²) >= 11 is 0. The Morgan fingerprint density at radius 3 is 2.50 bits per heavy atom. The van der Waals surface area contributed by atoms with Crippen molar-refractivity contribution in [3.05, 3.63) is 53.6 Å². The highest BCUT2D eigenvalue weighted by Gasteiger charge is 2.20. The minimum atomic E-state index is -3.66. The van der Waals surface area contributed by atoms with Crippen molar-refractivity contribution in [2.75, 3.05) is 24.2 Å². The molecule has 0 saturated carbocycles. The fourth-order valence-electron chi connectivity index (χ4n) is 2.45. The maximum atomic E-state index is 12.2. The van der Waals surface area contributed by atoms with Crippen LogP contribution in [0.4, 0.5) is 5.69 Å². The molecule has 0 spiro atoms. The summed E-state index contributed by atoms with van der Waals surface area (Å²) in [5.74, 6) is -0.463. The molecule has 0 saturated heterocycles. The van der Waals surface area contributed by atoms with Gasteiger partial charge in [-0.05, 0) is 36.2 Å². The van der Waals surface area contributed by atoms with Crippen LogP contribution in [0.2, 0.25) is 0 Å². The molecule has 0 aliphatic heterocycles. The summed E-state index contributed by atoms with van der Waals surface area (Å²) in [6.45, 7) is 1.57. The van der Waals surface area contributed by atoms with Gasteiger partial charge in [-0.25, -0.2) is 13.8 Å². The number of phenolic OH excluding ortho intramolecular Hbond substituents is 1. The highest BCUT2D eigenvalue weighted by atomic mass is 32.2. The number of carbonyl (C=O) groups excluding carboxylic acids is 1. The average Bonchev–Trinajstić information content (AvgIpc) is 2.66. The number of methoxy groups -OCH3 is 1. The summed E-state index contributed by atoms with van der Waals surface area (Å²) < 4.78 is 30.2. The summed E-state index contributed by atoms with van der Waals surface area (Å²) in [5.41, 5.74) is 4.06. The number of ether oxygens (including phenoxy) is 1. The lowest BCUT2D eigenvalue weighted by molar-refractivity contribution is -0.119. The van der Waals surface area contributed by atoms with Crippen molar-refractivity contribution in [2.24, 2.45) is 5.10 Å². The quantitative estimate of drug-likeness (QED) is 0.515. The molecule has 0 bridgehead atoms. The number of hydrogen-bond donors (Lipinski definition) is 2. The van der Waals surface area contributed by atoms with Crippen LogP contribution in [0.15, 0.2) is 47.6 Å². The van der Waals surface area contributed by atoms with Crippen molar-refractivity contribution in [3.63, 3.8) is 0 Å². The first-order valence-electron chi connectivity index (χ1n) is 8.50. The predicted octanol–water partition coefficient (Wildman–Crippen LogP) is 1.88. The van der Waals surface area contributed by atoms with Crippen LogP contribution >= 0.6 is 0 Å². The maximum absolute atomic E-state index is 12.2. The number of hydrogen-bond acceptors (Lipinski definition) is 6. The smallest absolute Gasteiger partial charge is 0.260 e.